The van der Waals surface area contributed by atoms with Crippen LogP contribution in [0.2, 0.25) is 0 Å². The number of ether oxygens (including phenoxy) is 1. The number of hydrogen-bond acceptors (Lipinski definition) is 4. The van der Waals surface area contributed by atoms with Crippen LogP contribution in [0, 0.1) is 0 Å². The van der Waals surface area contributed by atoms with Gasteiger partial charge in [0.1, 0.15) is 5.75 Å². The van der Waals surface area contributed by atoms with E-state index in [0.717, 1.165) is 17.0 Å². The largest absolute Gasteiger partial charge is 0.497 e. The zero-order valence-electron chi connectivity index (χ0n) is 12.0. The van der Waals surface area contributed by atoms with E-state index in [1.807, 2.05) is 30.3 Å². The Kier molecular flexibility index (Phi) is 3.76. The number of rotatable bonds is 4. The van der Waals surface area contributed by atoms with Crippen LogP contribution in [0.1, 0.15) is 21.6 Å². The summed E-state index contributed by atoms with van der Waals surface area (Å²) in [7, 11) is 1.63. The molecule has 3 aromatic rings. The van der Waals surface area contributed by atoms with E-state index < -0.39 is 5.91 Å². The molecule has 2 heterocycles. The van der Waals surface area contributed by atoms with Gasteiger partial charge in [0.2, 0.25) is 0 Å². The molecule has 0 unspecified atom stereocenters. The van der Waals surface area contributed by atoms with Crippen LogP contribution in [-0.2, 0) is 6.42 Å². The summed E-state index contributed by atoms with van der Waals surface area (Å²) in [6, 6.07) is 11.2. The Morgan fingerprint density at radius 2 is 2.09 bits per heavy atom. The van der Waals surface area contributed by atoms with Crippen LogP contribution in [0.4, 0.5) is 0 Å². The van der Waals surface area contributed by atoms with Crippen molar-refractivity contribution < 1.29 is 14.7 Å². The number of aromatic amines is 1. The fourth-order valence-corrected chi connectivity index (χ4v) is 2.39. The first-order valence-corrected chi connectivity index (χ1v) is 6.75. The van der Waals surface area contributed by atoms with Gasteiger partial charge < -0.3 is 9.72 Å². The number of carbonyl (C=O) groups excluding carboxylic acids is 1. The van der Waals surface area contributed by atoms with E-state index in [2.05, 4.69) is 9.97 Å². The number of benzene rings is 1. The highest BCUT2D eigenvalue weighted by Gasteiger charge is 2.12. The fraction of sp³-hybridized carbons (Fsp3) is 0.125. The number of nitrogens with zero attached hydrogens (tertiary/aromatic N) is 1. The quantitative estimate of drug-likeness (QED) is 0.509. The van der Waals surface area contributed by atoms with Gasteiger partial charge in [0, 0.05) is 18.3 Å². The number of hydrogen-bond donors (Lipinski definition) is 3. The normalized spacial score (nSPS) is 10.6. The van der Waals surface area contributed by atoms with Crippen molar-refractivity contribution in [2.24, 2.45) is 0 Å². The Balaban J connectivity index is 1.93. The summed E-state index contributed by atoms with van der Waals surface area (Å²) >= 11 is 0. The van der Waals surface area contributed by atoms with Crippen molar-refractivity contribution in [1.82, 2.24) is 15.4 Å². The monoisotopic (exact) mass is 297 g/mol. The van der Waals surface area contributed by atoms with Crippen LogP contribution in [-0.4, -0.2) is 28.2 Å². The lowest BCUT2D eigenvalue weighted by molar-refractivity contribution is 0.0708. The summed E-state index contributed by atoms with van der Waals surface area (Å²) in [6.45, 7) is 0. The van der Waals surface area contributed by atoms with Crippen molar-refractivity contribution >= 4 is 16.9 Å². The third-order valence-electron chi connectivity index (χ3n) is 3.48. The third-order valence-corrected chi connectivity index (χ3v) is 3.48. The molecule has 1 amide bonds. The second-order valence-corrected chi connectivity index (χ2v) is 4.88. The van der Waals surface area contributed by atoms with Crippen molar-refractivity contribution in [3.8, 4) is 5.75 Å². The highest BCUT2D eigenvalue weighted by Crippen LogP contribution is 2.20. The molecule has 0 spiro atoms. The molecule has 0 saturated heterocycles. The summed E-state index contributed by atoms with van der Waals surface area (Å²) in [5.74, 6) is 0.245. The number of hydroxylamine groups is 1. The number of pyridine rings is 1. The molecule has 0 atom stereocenters. The number of nitrogens with one attached hydrogen (secondary N) is 2. The first kappa shape index (κ1) is 14.1. The van der Waals surface area contributed by atoms with Gasteiger partial charge in [0.05, 0.1) is 23.7 Å². The second kappa shape index (κ2) is 5.87. The summed E-state index contributed by atoms with van der Waals surface area (Å²) in [4.78, 5) is 19.1. The third kappa shape index (κ3) is 2.64. The minimum absolute atomic E-state index is 0.355. The van der Waals surface area contributed by atoms with Gasteiger partial charge in [-0.25, -0.2) is 5.48 Å². The number of fused-ring (bicyclic) bond motifs is 1. The van der Waals surface area contributed by atoms with Gasteiger partial charge in [-0.3, -0.25) is 15.0 Å². The average Bonchev–Trinajstić information content (AvgIpc) is 2.97. The van der Waals surface area contributed by atoms with Gasteiger partial charge in [-0.05, 0) is 29.8 Å². The maximum atomic E-state index is 11.6. The minimum atomic E-state index is -0.565. The van der Waals surface area contributed by atoms with E-state index in [-0.39, 0.29) is 0 Å². The number of H-pyrrole nitrogens is 1. The summed E-state index contributed by atoms with van der Waals surface area (Å²) in [6.07, 6.45) is 2.22. The Morgan fingerprint density at radius 1 is 1.32 bits per heavy atom. The zero-order valence-corrected chi connectivity index (χ0v) is 12.0. The Labute approximate surface area is 126 Å². The van der Waals surface area contributed by atoms with Gasteiger partial charge in [-0.15, -0.1) is 0 Å². The minimum Gasteiger partial charge on any atom is -0.497 e. The number of carbonyl (C=O) groups is 1. The first-order chi connectivity index (χ1) is 10.7. The Bertz CT molecular complexity index is 809. The van der Waals surface area contributed by atoms with E-state index in [1.165, 1.54) is 6.20 Å². The summed E-state index contributed by atoms with van der Waals surface area (Å²) in [5, 5.41) is 8.79. The van der Waals surface area contributed by atoms with E-state index in [1.54, 1.807) is 18.7 Å². The lowest BCUT2D eigenvalue weighted by Crippen LogP contribution is -2.19. The van der Waals surface area contributed by atoms with Crippen molar-refractivity contribution in [3.05, 3.63) is 59.4 Å². The van der Waals surface area contributed by atoms with Crippen molar-refractivity contribution in [3.63, 3.8) is 0 Å². The zero-order chi connectivity index (χ0) is 15.5. The lowest BCUT2D eigenvalue weighted by atomic mass is 10.1. The molecular formula is C16H15N3O3. The first-order valence-electron chi connectivity index (χ1n) is 6.75. The second-order valence-electron chi connectivity index (χ2n) is 4.88. The average molecular weight is 297 g/mol. The molecule has 0 aliphatic rings. The molecule has 0 aliphatic carbocycles. The molecule has 0 bridgehead atoms. The number of aromatic nitrogens is 2. The van der Waals surface area contributed by atoms with E-state index in [9.17, 15) is 4.79 Å². The molecule has 0 fully saturated rings. The molecule has 1 aromatic carbocycles. The molecule has 3 N–H and O–H groups in total. The molecule has 0 saturated carbocycles. The van der Waals surface area contributed by atoms with Crippen LogP contribution in [0.25, 0.3) is 11.0 Å². The van der Waals surface area contributed by atoms with Gasteiger partial charge in [-0.1, -0.05) is 12.1 Å². The van der Waals surface area contributed by atoms with Gasteiger partial charge in [-0.2, -0.15) is 0 Å². The molecule has 6 nitrogen and oxygen atoms in total. The van der Waals surface area contributed by atoms with Crippen LogP contribution in [0.3, 0.4) is 0 Å². The van der Waals surface area contributed by atoms with Crippen LogP contribution in [0.5, 0.6) is 5.75 Å². The fourth-order valence-electron chi connectivity index (χ4n) is 2.39. The SMILES string of the molecule is COc1ccc(Cc2cc3nccc(C(=O)NO)c3[nH]2)cc1. The van der Waals surface area contributed by atoms with E-state index in [0.29, 0.717) is 23.0 Å². The van der Waals surface area contributed by atoms with Crippen molar-refractivity contribution in [2.75, 3.05) is 7.11 Å². The molecule has 2 aromatic heterocycles. The van der Waals surface area contributed by atoms with Crippen LogP contribution < -0.4 is 10.2 Å². The van der Waals surface area contributed by atoms with Crippen molar-refractivity contribution in [2.45, 2.75) is 6.42 Å². The molecule has 0 aliphatic heterocycles. The predicted molar refractivity (Wildman–Crippen MR) is 81.1 cm³/mol. The molecule has 0 radical (unpaired) electrons. The number of amides is 1. The lowest BCUT2D eigenvalue weighted by Gasteiger charge is -2.02. The molecular weight excluding hydrogens is 282 g/mol. The standard InChI is InChI=1S/C16H15N3O3/c1-22-12-4-2-10(3-5-12)8-11-9-14-15(18-11)13(6-7-17-14)16(20)19-21/h2-7,9,18,21H,8H2,1H3,(H,19,20). The van der Waals surface area contributed by atoms with Gasteiger partial charge in [0.25, 0.3) is 5.91 Å². The van der Waals surface area contributed by atoms with Crippen LogP contribution in [0.15, 0.2) is 42.6 Å². The highest BCUT2D eigenvalue weighted by molar-refractivity contribution is 6.04. The number of methoxy groups -OCH3 is 1. The molecule has 22 heavy (non-hydrogen) atoms. The smallest absolute Gasteiger partial charge is 0.276 e. The molecule has 6 heteroatoms. The van der Waals surface area contributed by atoms with Gasteiger partial charge in [0.15, 0.2) is 0 Å². The molecule has 112 valence electrons. The predicted octanol–water partition coefficient (Wildman–Crippen LogP) is 2.28. The Hall–Kier alpha value is -2.86. The highest BCUT2D eigenvalue weighted by atomic mass is 16.5. The topological polar surface area (TPSA) is 87.2 Å². The maximum absolute atomic E-state index is 11.6. The van der Waals surface area contributed by atoms with Crippen LogP contribution >= 0.6 is 0 Å². The maximum Gasteiger partial charge on any atom is 0.276 e. The van der Waals surface area contributed by atoms with Gasteiger partial charge >= 0.3 is 0 Å². The summed E-state index contributed by atoms with van der Waals surface area (Å²) in [5.41, 5.74) is 5.34. The van der Waals surface area contributed by atoms with Crippen molar-refractivity contribution in [1.29, 1.82) is 0 Å². The molecule has 3 rings (SSSR count). The summed E-state index contributed by atoms with van der Waals surface area (Å²) < 4.78 is 5.14. The Morgan fingerprint density at radius 3 is 2.77 bits per heavy atom. The van der Waals surface area contributed by atoms with E-state index >= 15 is 0 Å². The van der Waals surface area contributed by atoms with E-state index in [4.69, 9.17) is 9.94 Å².